The molecule has 2 saturated heterocycles. The minimum Gasteiger partial charge on any atom is -0.380 e. The Kier molecular flexibility index (Phi) is 1.99. The zero-order valence-electron chi connectivity index (χ0n) is 8.56. The number of nitrogens with zero attached hydrogens (tertiary/aromatic N) is 1. The van der Waals surface area contributed by atoms with Crippen LogP contribution in [-0.2, 0) is 9.63 Å². The lowest BCUT2D eigenvalue weighted by Gasteiger charge is -2.50. The monoisotopic (exact) mass is 209 g/mol. The van der Waals surface area contributed by atoms with Crippen molar-refractivity contribution in [3.63, 3.8) is 0 Å². The van der Waals surface area contributed by atoms with Gasteiger partial charge in [0.1, 0.15) is 11.7 Å². The summed E-state index contributed by atoms with van der Waals surface area (Å²) < 4.78 is 0. The Morgan fingerprint density at radius 2 is 2.40 bits per heavy atom. The van der Waals surface area contributed by atoms with E-state index in [0.717, 1.165) is 25.8 Å². The van der Waals surface area contributed by atoms with E-state index in [4.69, 9.17) is 4.84 Å². The van der Waals surface area contributed by atoms with Gasteiger partial charge in [0.05, 0.1) is 6.04 Å². The maximum atomic E-state index is 11.8. The first-order valence-electron chi connectivity index (χ1n) is 5.58. The molecule has 3 atom stereocenters. The van der Waals surface area contributed by atoms with E-state index in [1.54, 1.807) is 6.08 Å². The zero-order chi connectivity index (χ0) is 10.5. The van der Waals surface area contributed by atoms with E-state index in [2.05, 4.69) is 0 Å². The maximum absolute atomic E-state index is 11.8. The third-order valence-electron chi connectivity index (χ3n) is 3.68. The van der Waals surface area contributed by atoms with E-state index in [-0.39, 0.29) is 17.9 Å². The van der Waals surface area contributed by atoms with Crippen molar-refractivity contribution in [3.05, 3.63) is 12.2 Å². The molecular formula is C11H15NO3. The van der Waals surface area contributed by atoms with Crippen molar-refractivity contribution in [2.45, 2.75) is 43.4 Å². The highest BCUT2D eigenvalue weighted by Gasteiger charge is 2.53. The average Bonchev–Trinajstić information content (AvgIpc) is 2.24. The van der Waals surface area contributed by atoms with Gasteiger partial charge in [-0.15, -0.1) is 0 Å². The molecule has 2 heterocycles. The first-order valence-corrected chi connectivity index (χ1v) is 5.58. The molecule has 15 heavy (non-hydrogen) atoms. The lowest BCUT2D eigenvalue weighted by atomic mass is 9.76. The van der Waals surface area contributed by atoms with Crippen LogP contribution in [0.3, 0.4) is 0 Å². The summed E-state index contributed by atoms with van der Waals surface area (Å²) in [5, 5.41) is 12.3. The van der Waals surface area contributed by atoms with E-state index in [1.807, 2.05) is 5.06 Å². The molecule has 0 radical (unpaired) electrons. The van der Waals surface area contributed by atoms with Gasteiger partial charge in [-0.2, -0.15) is 5.06 Å². The number of rotatable bonds is 0. The lowest BCUT2D eigenvalue weighted by molar-refractivity contribution is -0.292. The summed E-state index contributed by atoms with van der Waals surface area (Å²) in [6.07, 6.45) is 6.52. The van der Waals surface area contributed by atoms with Crippen molar-refractivity contribution < 1.29 is 14.7 Å². The standard InChI is InChI=1S/C11H15NO3/c13-10-5-4-8-7-11(10,14)9-3-1-2-6-12(9)15-8/h4-5,8-9,14H,1-3,6-7H2. The van der Waals surface area contributed by atoms with Gasteiger partial charge >= 0.3 is 0 Å². The van der Waals surface area contributed by atoms with Crippen LogP contribution in [0.4, 0.5) is 0 Å². The molecule has 1 N–H and O–H groups in total. The number of piperidine rings is 1. The summed E-state index contributed by atoms with van der Waals surface area (Å²) in [6, 6.07) is -0.139. The Balaban J connectivity index is 1.98. The van der Waals surface area contributed by atoms with Crippen LogP contribution in [0.1, 0.15) is 25.7 Å². The molecule has 2 bridgehead atoms. The van der Waals surface area contributed by atoms with Crippen molar-refractivity contribution in [1.29, 1.82) is 0 Å². The van der Waals surface area contributed by atoms with Gasteiger partial charge in [-0.1, -0.05) is 12.5 Å². The molecular weight excluding hydrogens is 194 g/mol. The summed E-state index contributed by atoms with van der Waals surface area (Å²) in [7, 11) is 0. The molecule has 3 rings (SSSR count). The second-order valence-corrected chi connectivity index (χ2v) is 4.65. The first-order chi connectivity index (χ1) is 7.20. The number of hydrogen-bond donors (Lipinski definition) is 1. The smallest absolute Gasteiger partial charge is 0.188 e. The predicted octanol–water partition coefficient (Wildman–Crippen LogP) is 0.415. The van der Waals surface area contributed by atoms with Crippen LogP contribution in [0.5, 0.6) is 0 Å². The van der Waals surface area contributed by atoms with E-state index in [0.29, 0.717) is 6.42 Å². The quantitative estimate of drug-likeness (QED) is 0.628. The number of carbonyl (C=O) groups excluding carboxylic acids is 1. The predicted molar refractivity (Wildman–Crippen MR) is 52.9 cm³/mol. The maximum Gasteiger partial charge on any atom is 0.188 e. The van der Waals surface area contributed by atoms with Gasteiger partial charge in [-0.05, 0) is 18.9 Å². The highest BCUT2D eigenvalue weighted by Crippen LogP contribution is 2.38. The van der Waals surface area contributed by atoms with Crippen molar-refractivity contribution >= 4 is 5.78 Å². The number of hydroxylamine groups is 2. The number of ketones is 1. The fraction of sp³-hybridized carbons (Fsp3) is 0.727. The first kappa shape index (κ1) is 9.51. The third-order valence-corrected chi connectivity index (χ3v) is 3.68. The van der Waals surface area contributed by atoms with Crippen molar-refractivity contribution in [2.75, 3.05) is 6.54 Å². The van der Waals surface area contributed by atoms with Crippen molar-refractivity contribution in [2.24, 2.45) is 0 Å². The molecule has 2 fully saturated rings. The normalized spacial score (nSPS) is 45.3. The molecule has 82 valence electrons. The highest BCUT2D eigenvalue weighted by molar-refractivity contribution is 5.98. The minimum atomic E-state index is -1.20. The Morgan fingerprint density at radius 1 is 1.53 bits per heavy atom. The molecule has 0 aromatic heterocycles. The van der Waals surface area contributed by atoms with E-state index < -0.39 is 5.60 Å². The van der Waals surface area contributed by atoms with Gasteiger partial charge < -0.3 is 5.11 Å². The summed E-state index contributed by atoms with van der Waals surface area (Å²) in [5.41, 5.74) is -1.20. The molecule has 0 aromatic rings. The molecule has 3 aliphatic rings. The molecule has 0 spiro atoms. The highest BCUT2D eigenvalue weighted by atomic mass is 16.7. The number of carbonyl (C=O) groups is 1. The summed E-state index contributed by atoms with van der Waals surface area (Å²) in [4.78, 5) is 17.5. The Morgan fingerprint density at radius 3 is 3.27 bits per heavy atom. The van der Waals surface area contributed by atoms with Crippen LogP contribution < -0.4 is 0 Å². The van der Waals surface area contributed by atoms with Gasteiger partial charge in [-0.3, -0.25) is 9.63 Å². The minimum absolute atomic E-state index is 0.123. The fourth-order valence-electron chi connectivity index (χ4n) is 2.87. The lowest BCUT2D eigenvalue weighted by Crippen LogP contribution is -2.65. The average molecular weight is 209 g/mol. The van der Waals surface area contributed by atoms with Crippen LogP contribution in [0.25, 0.3) is 0 Å². The van der Waals surface area contributed by atoms with E-state index >= 15 is 0 Å². The van der Waals surface area contributed by atoms with Crippen LogP contribution in [0.15, 0.2) is 12.2 Å². The van der Waals surface area contributed by atoms with Gasteiger partial charge in [0.15, 0.2) is 5.78 Å². The van der Waals surface area contributed by atoms with Gasteiger partial charge in [0, 0.05) is 13.0 Å². The Hall–Kier alpha value is -0.710. The van der Waals surface area contributed by atoms with Crippen LogP contribution in [0, 0.1) is 0 Å². The van der Waals surface area contributed by atoms with Gasteiger partial charge in [0.2, 0.25) is 0 Å². The van der Waals surface area contributed by atoms with Crippen molar-refractivity contribution in [3.8, 4) is 0 Å². The molecule has 0 amide bonds. The molecule has 0 saturated carbocycles. The molecule has 1 aliphatic carbocycles. The number of hydrogen-bond acceptors (Lipinski definition) is 4. The van der Waals surface area contributed by atoms with E-state index in [1.165, 1.54) is 6.08 Å². The molecule has 0 aromatic carbocycles. The van der Waals surface area contributed by atoms with Gasteiger partial charge in [-0.25, -0.2) is 0 Å². The fourth-order valence-corrected chi connectivity index (χ4v) is 2.87. The number of fused-ring (bicyclic) bond motifs is 4. The Labute approximate surface area is 88.5 Å². The second-order valence-electron chi connectivity index (χ2n) is 4.65. The SMILES string of the molecule is O=C1C=CC2CC1(O)C1CCCCN1O2. The summed E-state index contributed by atoms with van der Waals surface area (Å²) >= 11 is 0. The van der Waals surface area contributed by atoms with Crippen LogP contribution in [-0.4, -0.2) is 40.2 Å². The van der Waals surface area contributed by atoms with Crippen LogP contribution >= 0.6 is 0 Å². The molecule has 4 nitrogen and oxygen atoms in total. The molecule has 4 heteroatoms. The van der Waals surface area contributed by atoms with Crippen LogP contribution in [0.2, 0.25) is 0 Å². The third kappa shape index (κ3) is 1.29. The Bertz CT molecular complexity index is 328. The van der Waals surface area contributed by atoms with E-state index in [9.17, 15) is 9.90 Å². The molecule has 3 unspecified atom stereocenters. The summed E-state index contributed by atoms with van der Waals surface area (Å²) in [6.45, 7) is 0.824. The number of aliphatic hydroxyl groups is 1. The largest absolute Gasteiger partial charge is 0.380 e. The van der Waals surface area contributed by atoms with Gasteiger partial charge in [0.25, 0.3) is 0 Å². The van der Waals surface area contributed by atoms with Crippen molar-refractivity contribution in [1.82, 2.24) is 5.06 Å². The summed E-state index contributed by atoms with van der Waals surface area (Å²) in [5.74, 6) is -0.154. The topological polar surface area (TPSA) is 49.8 Å². The zero-order valence-corrected chi connectivity index (χ0v) is 8.56. The second kappa shape index (κ2) is 3.14. The molecule has 2 aliphatic heterocycles.